The van der Waals surface area contributed by atoms with Crippen LogP contribution in [0.1, 0.15) is 11.7 Å². The number of hydrogen-bond donors (Lipinski definition) is 1. The molecule has 1 amide bonds. The van der Waals surface area contributed by atoms with Crippen molar-refractivity contribution < 1.29 is 9.53 Å². The third-order valence-electron chi connectivity index (χ3n) is 4.25. The second-order valence-electron chi connectivity index (χ2n) is 5.95. The number of nitrogens with one attached hydrogen (secondary N) is 1. The van der Waals surface area contributed by atoms with Crippen LogP contribution in [0.3, 0.4) is 0 Å². The van der Waals surface area contributed by atoms with Gasteiger partial charge in [-0.25, -0.2) is 5.01 Å². The Hall–Kier alpha value is -3.06. The van der Waals surface area contributed by atoms with Crippen molar-refractivity contribution in [2.75, 3.05) is 12.9 Å². The summed E-state index contributed by atoms with van der Waals surface area (Å²) < 4.78 is 5.35. The predicted octanol–water partition coefficient (Wildman–Crippen LogP) is 1.76. The molecular formula is C20H18N4O2S. The first-order chi connectivity index (χ1) is 13.2. The minimum absolute atomic E-state index is 0.188. The van der Waals surface area contributed by atoms with E-state index in [1.807, 2.05) is 48.5 Å². The monoisotopic (exact) mass is 378 g/mol. The number of carbonyl (C=O) groups is 1. The summed E-state index contributed by atoms with van der Waals surface area (Å²) in [4.78, 5) is 17.7. The summed E-state index contributed by atoms with van der Waals surface area (Å²) >= 11 is 1.42. The predicted molar refractivity (Wildman–Crippen MR) is 106 cm³/mol. The molecule has 4 rings (SSSR count). The highest BCUT2D eigenvalue weighted by molar-refractivity contribution is 8.14. The van der Waals surface area contributed by atoms with Gasteiger partial charge in [0.15, 0.2) is 11.3 Å². The van der Waals surface area contributed by atoms with Gasteiger partial charge in [0.2, 0.25) is 0 Å². The second-order valence-corrected chi connectivity index (χ2v) is 6.96. The standard InChI is InChI=1S/C20H18N4O2S/c1-3-11-27-20-22-19(25)17-15-9-4-5-10-16(15)21-18(24(17)23-20)13-7-6-8-14(12-13)26-2/h3-10,12,18H,1,11H2,2H3,(H,22,23,25)/t18-/m0/s1. The van der Waals surface area contributed by atoms with E-state index >= 15 is 0 Å². The zero-order valence-electron chi connectivity index (χ0n) is 14.8. The fourth-order valence-electron chi connectivity index (χ4n) is 3.05. The van der Waals surface area contributed by atoms with Gasteiger partial charge in [0.05, 0.1) is 12.5 Å². The summed E-state index contributed by atoms with van der Waals surface area (Å²) in [5, 5.41) is 11.3. The van der Waals surface area contributed by atoms with E-state index in [0.717, 1.165) is 21.9 Å². The molecule has 2 aromatic rings. The lowest BCUT2D eigenvalue weighted by molar-refractivity contribution is -0.116. The topological polar surface area (TPSA) is 66.3 Å². The molecule has 2 heterocycles. The maximum Gasteiger partial charge on any atom is 0.276 e. The maximum atomic E-state index is 12.9. The van der Waals surface area contributed by atoms with Crippen LogP contribution in [0.25, 0.3) is 5.70 Å². The molecule has 0 fully saturated rings. The Kier molecular flexibility index (Phi) is 4.68. The minimum Gasteiger partial charge on any atom is -0.497 e. The molecule has 0 saturated carbocycles. The number of hydrogen-bond acceptors (Lipinski definition) is 6. The van der Waals surface area contributed by atoms with E-state index in [9.17, 15) is 4.79 Å². The van der Waals surface area contributed by atoms with Crippen LogP contribution in [-0.2, 0) is 4.79 Å². The van der Waals surface area contributed by atoms with Gasteiger partial charge in [0.25, 0.3) is 5.91 Å². The third kappa shape index (κ3) is 3.21. The maximum absolute atomic E-state index is 12.9. The molecule has 0 spiro atoms. The highest BCUT2D eigenvalue weighted by Crippen LogP contribution is 2.32. The molecule has 2 aliphatic heterocycles. The van der Waals surface area contributed by atoms with Gasteiger partial charge in [-0.05, 0) is 18.2 Å². The normalized spacial score (nSPS) is 17.9. The van der Waals surface area contributed by atoms with Gasteiger partial charge in [-0.1, -0.05) is 48.2 Å². The lowest BCUT2D eigenvalue weighted by Gasteiger charge is -2.34. The molecule has 1 atom stereocenters. The zero-order valence-corrected chi connectivity index (χ0v) is 15.6. The summed E-state index contributed by atoms with van der Waals surface area (Å²) in [6.45, 7) is 3.72. The van der Waals surface area contributed by atoms with Gasteiger partial charge in [0, 0.05) is 16.5 Å². The van der Waals surface area contributed by atoms with Crippen molar-refractivity contribution in [3.05, 3.63) is 77.3 Å². The van der Waals surface area contributed by atoms with Crippen molar-refractivity contribution in [3.8, 4) is 5.75 Å². The number of benzene rings is 2. The van der Waals surface area contributed by atoms with Crippen LogP contribution in [0, 0.1) is 0 Å². The van der Waals surface area contributed by atoms with Crippen LogP contribution in [0.15, 0.2) is 71.3 Å². The number of nitrogens with zero attached hydrogens (tertiary/aromatic N) is 3. The number of fused-ring (bicyclic) bond motifs is 2. The molecule has 136 valence electrons. The Morgan fingerprint density at radius 2 is 2.15 bits per heavy atom. The summed E-state index contributed by atoms with van der Waals surface area (Å²) in [5.74, 6) is 1.20. The molecule has 2 aromatic carbocycles. The van der Waals surface area contributed by atoms with Crippen LogP contribution in [-0.4, -0.2) is 28.9 Å². The van der Waals surface area contributed by atoms with Crippen molar-refractivity contribution in [2.24, 2.45) is 10.1 Å². The molecule has 0 bridgehead atoms. The Bertz CT molecular complexity index is 1060. The van der Waals surface area contributed by atoms with Gasteiger partial charge in [-0.3, -0.25) is 15.1 Å². The molecule has 0 unspecified atom stereocenters. The SMILES string of the molecule is C=CCSC1=NN2C(=c3ccccc3=N[C@@H]2c2cccc(OC)c2)C(=O)N1. The number of carbonyl (C=O) groups excluding carboxylic acids is 1. The van der Waals surface area contributed by atoms with E-state index < -0.39 is 6.17 Å². The van der Waals surface area contributed by atoms with Gasteiger partial charge in [0.1, 0.15) is 11.4 Å². The summed E-state index contributed by atoms with van der Waals surface area (Å²) in [5.41, 5.74) is 1.39. The number of hydrazone groups is 1. The fourth-order valence-corrected chi connectivity index (χ4v) is 3.64. The number of amides is 1. The van der Waals surface area contributed by atoms with Crippen molar-refractivity contribution >= 4 is 28.5 Å². The number of para-hydroxylation sites is 1. The number of ether oxygens (including phenoxy) is 1. The Morgan fingerprint density at radius 1 is 1.30 bits per heavy atom. The Balaban J connectivity index is 1.90. The average molecular weight is 378 g/mol. The van der Waals surface area contributed by atoms with Crippen LogP contribution >= 0.6 is 11.8 Å². The zero-order chi connectivity index (χ0) is 18.8. The molecule has 1 N–H and O–H groups in total. The quantitative estimate of drug-likeness (QED) is 0.824. The summed E-state index contributed by atoms with van der Waals surface area (Å²) in [6.07, 6.45) is 1.32. The Labute approximate surface area is 160 Å². The van der Waals surface area contributed by atoms with Crippen molar-refractivity contribution in [3.63, 3.8) is 0 Å². The molecule has 7 heteroatoms. The fraction of sp³-hybridized carbons (Fsp3) is 0.150. The number of amidine groups is 1. The lowest BCUT2D eigenvalue weighted by atomic mass is 10.1. The minimum atomic E-state index is -0.449. The molecule has 0 aliphatic carbocycles. The van der Waals surface area contributed by atoms with E-state index in [1.54, 1.807) is 18.2 Å². The first-order valence-corrected chi connectivity index (χ1v) is 9.44. The number of thioether (sulfide) groups is 1. The van der Waals surface area contributed by atoms with Gasteiger partial charge < -0.3 is 4.74 Å². The molecular weight excluding hydrogens is 360 g/mol. The van der Waals surface area contributed by atoms with Crippen LogP contribution in [0.5, 0.6) is 5.75 Å². The van der Waals surface area contributed by atoms with E-state index in [0.29, 0.717) is 16.6 Å². The molecule has 0 radical (unpaired) electrons. The van der Waals surface area contributed by atoms with E-state index in [4.69, 9.17) is 9.73 Å². The third-order valence-corrected chi connectivity index (χ3v) is 5.10. The first kappa shape index (κ1) is 17.4. The second kappa shape index (κ2) is 7.28. The van der Waals surface area contributed by atoms with E-state index in [1.165, 1.54) is 11.8 Å². The summed E-state index contributed by atoms with van der Waals surface area (Å²) in [7, 11) is 1.63. The smallest absolute Gasteiger partial charge is 0.276 e. The number of rotatable bonds is 4. The van der Waals surface area contributed by atoms with Gasteiger partial charge >= 0.3 is 0 Å². The largest absolute Gasteiger partial charge is 0.497 e. The first-order valence-electron chi connectivity index (χ1n) is 8.45. The molecule has 2 aliphatic rings. The average Bonchev–Trinajstić information content (AvgIpc) is 2.71. The molecule has 27 heavy (non-hydrogen) atoms. The highest BCUT2D eigenvalue weighted by atomic mass is 32.2. The van der Waals surface area contributed by atoms with Crippen LogP contribution in [0.2, 0.25) is 0 Å². The van der Waals surface area contributed by atoms with Crippen molar-refractivity contribution in [1.29, 1.82) is 0 Å². The lowest BCUT2D eigenvalue weighted by Crippen LogP contribution is -2.50. The highest BCUT2D eigenvalue weighted by Gasteiger charge is 2.34. The molecule has 0 aromatic heterocycles. The van der Waals surface area contributed by atoms with Crippen LogP contribution < -0.4 is 20.6 Å². The number of methoxy groups -OCH3 is 1. The van der Waals surface area contributed by atoms with Gasteiger partial charge in [-0.2, -0.15) is 0 Å². The Morgan fingerprint density at radius 3 is 2.96 bits per heavy atom. The van der Waals surface area contributed by atoms with Gasteiger partial charge in [-0.15, -0.1) is 11.7 Å². The van der Waals surface area contributed by atoms with E-state index in [2.05, 4.69) is 17.0 Å². The summed E-state index contributed by atoms with van der Waals surface area (Å²) in [6, 6.07) is 15.3. The van der Waals surface area contributed by atoms with E-state index in [-0.39, 0.29) is 5.91 Å². The molecule has 0 saturated heterocycles. The van der Waals surface area contributed by atoms with Crippen molar-refractivity contribution in [2.45, 2.75) is 6.17 Å². The van der Waals surface area contributed by atoms with Crippen LogP contribution in [0.4, 0.5) is 0 Å². The molecule has 6 nitrogen and oxygen atoms in total. The van der Waals surface area contributed by atoms with Crippen molar-refractivity contribution in [1.82, 2.24) is 10.3 Å².